The Morgan fingerprint density at radius 2 is 1.75 bits per heavy atom. The Bertz CT molecular complexity index is 620. The highest BCUT2D eigenvalue weighted by molar-refractivity contribution is 6.06. The third-order valence-corrected chi connectivity index (χ3v) is 3.35. The van der Waals surface area contributed by atoms with Crippen molar-refractivity contribution in [3.05, 3.63) is 59.2 Å². The lowest BCUT2D eigenvalue weighted by atomic mass is 10.1. The van der Waals surface area contributed by atoms with Crippen LogP contribution in [0.3, 0.4) is 0 Å². The van der Waals surface area contributed by atoms with Gasteiger partial charge in [0.2, 0.25) is 0 Å². The maximum atomic E-state index is 12.5. The Hall–Kier alpha value is -2.33. The van der Waals surface area contributed by atoms with E-state index in [0.29, 0.717) is 5.56 Å². The summed E-state index contributed by atoms with van der Waals surface area (Å²) in [6.45, 7) is 3.92. The number of aryl methyl sites for hydroxylation is 2. The molecule has 0 radical (unpaired) electrons. The average Bonchev–Trinajstić information content (AvgIpc) is 2.46. The summed E-state index contributed by atoms with van der Waals surface area (Å²) in [6, 6.07) is 13.3. The third kappa shape index (κ3) is 2.81. The number of amides is 1. The first kappa shape index (κ1) is 14.1. The summed E-state index contributed by atoms with van der Waals surface area (Å²) in [5, 5.41) is 0. The topological polar surface area (TPSA) is 58.4 Å². The molecule has 0 fully saturated rings. The van der Waals surface area contributed by atoms with Crippen LogP contribution in [0.15, 0.2) is 42.5 Å². The van der Waals surface area contributed by atoms with Gasteiger partial charge in [0.1, 0.15) is 0 Å². The van der Waals surface area contributed by atoms with Crippen LogP contribution >= 0.6 is 0 Å². The van der Waals surface area contributed by atoms with Crippen molar-refractivity contribution < 1.29 is 4.79 Å². The van der Waals surface area contributed by atoms with E-state index in [9.17, 15) is 4.79 Å². The molecule has 2 aromatic carbocycles. The standard InChI is InChI=1S/C16H19N3O/c1-11-4-7-14(8-5-11)19(3)16(20)15-9-6-13(18-17)10-12(15)2/h4-10,18H,17H2,1-3H3. The van der Waals surface area contributed by atoms with Crippen LogP contribution in [-0.4, -0.2) is 13.0 Å². The van der Waals surface area contributed by atoms with E-state index in [1.807, 2.05) is 44.2 Å². The summed E-state index contributed by atoms with van der Waals surface area (Å²) in [5.41, 5.74) is 6.98. The number of nitrogens with two attached hydrogens (primary N) is 1. The van der Waals surface area contributed by atoms with Gasteiger partial charge in [0.25, 0.3) is 5.91 Å². The molecule has 4 nitrogen and oxygen atoms in total. The minimum atomic E-state index is -0.0325. The van der Waals surface area contributed by atoms with Gasteiger partial charge in [0, 0.05) is 24.0 Å². The molecule has 0 atom stereocenters. The van der Waals surface area contributed by atoms with E-state index in [2.05, 4.69) is 5.43 Å². The van der Waals surface area contributed by atoms with E-state index < -0.39 is 0 Å². The van der Waals surface area contributed by atoms with Crippen molar-refractivity contribution in [1.29, 1.82) is 0 Å². The minimum absolute atomic E-state index is 0.0325. The van der Waals surface area contributed by atoms with Gasteiger partial charge in [-0.2, -0.15) is 0 Å². The van der Waals surface area contributed by atoms with Crippen molar-refractivity contribution in [3.8, 4) is 0 Å². The lowest BCUT2D eigenvalue weighted by Crippen LogP contribution is -2.27. The monoisotopic (exact) mass is 269 g/mol. The van der Waals surface area contributed by atoms with Crippen LogP contribution in [0.4, 0.5) is 11.4 Å². The highest BCUT2D eigenvalue weighted by Gasteiger charge is 2.15. The normalized spacial score (nSPS) is 10.2. The van der Waals surface area contributed by atoms with Gasteiger partial charge in [-0.15, -0.1) is 0 Å². The van der Waals surface area contributed by atoms with Crippen LogP contribution in [-0.2, 0) is 0 Å². The van der Waals surface area contributed by atoms with Gasteiger partial charge in [-0.25, -0.2) is 0 Å². The van der Waals surface area contributed by atoms with Gasteiger partial charge in [0.15, 0.2) is 0 Å². The summed E-state index contributed by atoms with van der Waals surface area (Å²) in [7, 11) is 1.78. The fourth-order valence-electron chi connectivity index (χ4n) is 2.06. The van der Waals surface area contributed by atoms with Crippen molar-refractivity contribution in [2.24, 2.45) is 5.84 Å². The van der Waals surface area contributed by atoms with E-state index >= 15 is 0 Å². The van der Waals surface area contributed by atoms with Crippen molar-refractivity contribution in [2.75, 3.05) is 17.4 Å². The lowest BCUT2D eigenvalue weighted by molar-refractivity contribution is 0.0992. The molecular formula is C16H19N3O. The van der Waals surface area contributed by atoms with Crippen LogP contribution in [0.2, 0.25) is 0 Å². The predicted octanol–water partition coefficient (Wildman–Crippen LogP) is 2.87. The lowest BCUT2D eigenvalue weighted by Gasteiger charge is -2.19. The summed E-state index contributed by atoms with van der Waals surface area (Å²) >= 11 is 0. The average molecular weight is 269 g/mol. The number of rotatable bonds is 3. The van der Waals surface area contributed by atoms with Crippen LogP contribution in [0, 0.1) is 13.8 Å². The Balaban J connectivity index is 2.28. The molecule has 0 heterocycles. The molecule has 2 rings (SSSR count). The largest absolute Gasteiger partial charge is 0.324 e. The molecular weight excluding hydrogens is 250 g/mol. The van der Waals surface area contributed by atoms with Crippen molar-refractivity contribution in [3.63, 3.8) is 0 Å². The number of anilines is 2. The minimum Gasteiger partial charge on any atom is -0.324 e. The van der Waals surface area contributed by atoms with Crippen LogP contribution < -0.4 is 16.2 Å². The first-order valence-electron chi connectivity index (χ1n) is 6.45. The summed E-state index contributed by atoms with van der Waals surface area (Å²) < 4.78 is 0. The van der Waals surface area contributed by atoms with Gasteiger partial charge >= 0.3 is 0 Å². The number of carbonyl (C=O) groups excluding carboxylic acids is 1. The van der Waals surface area contributed by atoms with E-state index in [1.165, 1.54) is 5.56 Å². The Morgan fingerprint density at radius 3 is 2.30 bits per heavy atom. The molecule has 3 N–H and O–H groups in total. The molecule has 0 unspecified atom stereocenters. The van der Waals surface area contributed by atoms with Gasteiger partial charge in [-0.1, -0.05) is 17.7 Å². The van der Waals surface area contributed by atoms with Crippen LogP contribution in [0.5, 0.6) is 0 Å². The zero-order chi connectivity index (χ0) is 14.7. The predicted molar refractivity (Wildman–Crippen MR) is 82.9 cm³/mol. The zero-order valence-corrected chi connectivity index (χ0v) is 12.0. The molecule has 0 saturated carbocycles. The van der Waals surface area contributed by atoms with Gasteiger partial charge < -0.3 is 10.3 Å². The number of nitrogen functional groups attached to an aromatic ring is 1. The van der Waals surface area contributed by atoms with Crippen molar-refractivity contribution >= 4 is 17.3 Å². The first-order valence-corrected chi connectivity index (χ1v) is 6.45. The fraction of sp³-hybridized carbons (Fsp3) is 0.188. The highest BCUT2D eigenvalue weighted by Crippen LogP contribution is 2.20. The summed E-state index contributed by atoms with van der Waals surface area (Å²) in [5.74, 6) is 5.33. The smallest absolute Gasteiger partial charge is 0.258 e. The van der Waals surface area contributed by atoms with Crippen molar-refractivity contribution in [2.45, 2.75) is 13.8 Å². The third-order valence-electron chi connectivity index (χ3n) is 3.35. The van der Waals surface area contributed by atoms with Crippen LogP contribution in [0.25, 0.3) is 0 Å². The maximum Gasteiger partial charge on any atom is 0.258 e. The van der Waals surface area contributed by atoms with Gasteiger partial charge in [-0.05, 0) is 49.7 Å². The van der Waals surface area contributed by atoms with Crippen LogP contribution in [0.1, 0.15) is 21.5 Å². The quantitative estimate of drug-likeness (QED) is 0.665. The van der Waals surface area contributed by atoms with E-state index in [0.717, 1.165) is 16.9 Å². The number of hydrogen-bond donors (Lipinski definition) is 2. The molecule has 0 aliphatic carbocycles. The Morgan fingerprint density at radius 1 is 1.10 bits per heavy atom. The number of nitrogens with zero attached hydrogens (tertiary/aromatic N) is 1. The SMILES string of the molecule is Cc1ccc(N(C)C(=O)c2ccc(NN)cc2C)cc1. The summed E-state index contributed by atoms with van der Waals surface area (Å²) in [6.07, 6.45) is 0. The zero-order valence-electron chi connectivity index (χ0n) is 12.0. The molecule has 0 aromatic heterocycles. The van der Waals surface area contributed by atoms with E-state index in [-0.39, 0.29) is 5.91 Å². The van der Waals surface area contributed by atoms with E-state index in [1.54, 1.807) is 24.1 Å². The molecule has 0 spiro atoms. The second-order valence-electron chi connectivity index (χ2n) is 4.87. The Kier molecular flexibility index (Phi) is 4.05. The van der Waals surface area contributed by atoms with Gasteiger partial charge in [-0.3, -0.25) is 10.6 Å². The number of hydrazine groups is 1. The van der Waals surface area contributed by atoms with Crippen molar-refractivity contribution in [1.82, 2.24) is 0 Å². The van der Waals surface area contributed by atoms with Gasteiger partial charge in [0.05, 0.1) is 0 Å². The molecule has 20 heavy (non-hydrogen) atoms. The number of benzene rings is 2. The molecule has 2 aromatic rings. The fourth-order valence-corrected chi connectivity index (χ4v) is 2.06. The number of hydrogen-bond acceptors (Lipinski definition) is 3. The molecule has 0 aliphatic rings. The molecule has 1 amide bonds. The molecule has 0 saturated heterocycles. The second-order valence-corrected chi connectivity index (χ2v) is 4.87. The molecule has 104 valence electrons. The molecule has 0 bridgehead atoms. The second kappa shape index (κ2) is 5.75. The highest BCUT2D eigenvalue weighted by atomic mass is 16.2. The summed E-state index contributed by atoms with van der Waals surface area (Å²) in [4.78, 5) is 14.2. The van der Waals surface area contributed by atoms with E-state index in [4.69, 9.17) is 5.84 Å². The maximum absolute atomic E-state index is 12.5. The molecule has 0 aliphatic heterocycles. The Labute approximate surface area is 119 Å². The number of nitrogens with one attached hydrogen (secondary N) is 1. The number of carbonyl (C=O) groups is 1. The molecule has 4 heteroatoms. The first-order chi connectivity index (χ1) is 9.52.